The van der Waals surface area contributed by atoms with Crippen LogP contribution in [0.15, 0.2) is 10.6 Å². The highest BCUT2D eigenvalue weighted by Gasteiger charge is 2.20. The monoisotopic (exact) mass is 238 g/mol. The van der Waals surface area contributed by atoms with Gasteiger partial charge in [-0.25, -0.2) is 0 Å². The first-order valence-corrected chi connectivity index (χ1v) is 5.83. The maximum atomic E-state index is 11.8. The molecule has 1 aliphatic rings. The Morgan fingerprint density at radius 2 is 2.59 bits per heavy atom. The lowest BCUT2D eigenvalue weighted by molar-refractivity contribution is -0.118. The largest absolute Gasteiger partial charge is 0.338 e. The number of amides is 1. The van der Waals surface area contributed by atoms with Gasteiger partial charge in [-0.05, 0) is 13.8 Å². The van der Waals surface area contributed by atoms with Crippen LogP contribution in [0.25, 0.3) is 0 Å². The molecule has 2 rings (SSSR count). The van der Waals surface area contributed by atoms with Gasteiger partial charge < -0.3 is 9.84 Å². The van der Waals surface area contributed by atoms with E-state index in [9.17, 15) is 4.79 Å². The molecule has 0 aliphatic carbocycles. The second-order valence-electron chi connectivity index (χ2n) is 4.40. The summed E-state index contributed by atoms with van der Waals surface area (Å²) in [6.45, 7) is 7.07. The number of anilines is 1. The van der Waals surface area contributed by atoms with Gasteiger partial charge in [-0.1, -0.05) is 5.16 Å². The van der Waals surface area contributed by atoms with Crippen molar-refractivity contribution in [3.8, 4) is 0 Å². The van der Waals surface area contributed by atoms with Crippen molar-refractivity contribution in [2.75, 3.05) is 31.5 Å². The van der Waals surface area contributed by atoms with E-state index in [0.717, 1.165) is 25.3 Å². The fourth-order valence-electron chi connectivity index (χ4n) is 1.90. The number of aromatic nitrogens is 1. The van der Waals surface area contributed by atoms with Crippen LogP contribution in [-0.4, -0.2) is 48.2 Å². The molecule has 1 amide bonds. The van der Waals surface area contributed by atoms with Gasteiger partial charge in [-0.3, -0.25) is 15.0 Å². The number of rotatable bonds is 3. The maximum absolute atomic E-state index is 11.8. The highest BCUT2D eigenvalue weighted by molar-refractivity contribution is 5.91. The van der Waals surface area contributed by atoms with E-state index < -0.39 is 0 Å². The van der Waals surface area contributed by atoms with Crippen molar-refractivity contribution in [1.29, 1.82) is 0 Å². The Balaban J connectivity index is 1.84. The van der Waals surface area contributed by atoms with E-state index in [1.165, 1.54) is 0 Å². The van der Waals surface area contributed by atoms with Crippen molar-refractivity contribution < 1.29 is 9.32 Å². The van der Waals surface area contributed by atoms with E-state index in [2.05, 4.69) is 27.6 Å². The first kappa shape index (κ1) is 12.1. The average molecular weight is 238 g/mol. The van der Waals surface area contributed by atoms with Crippen LogP contribution >= 0.6 is 0 Å². The minimum Gasteiger partial charge on any atom is -0.338 e. The number of nitrogens with one attached hydrogen (secondary N) is 2. The van der Waals surface area contributed by atoms with Crippen LogP contribution in [0.1, 0.15) is 12.6 Å². The summed E-state index contributed by atoms with van der Waals surface area (Å²) in [4.78, 5) is 13.9. The van der Waals surface area contributed by atoms with Gasteiger partial charge in [0.15, 0.2) is 0 Å². The van der Waals surface area contributed by atoms with Gasteiger partial charge in [-0.15, -0.1) is 0 Å². The van der Waals surface area contributed by atoms with E-state index in [-0.39, 0.29) is 5.91 Å². The molecule has 2 heterocycles. The molecular formula is C11H18N4O2. The van der Waals surface area contributed by atoms with E-state index in [1.807, 2.05) is 6.92 Å². The summed E-state index contributed by atoms with van der Waals surface area (Å²) in [7, 11) is 0. The standard InChI is InChI=1S/C11H18N4O2/c1-8-5-11(17-14-8)13-10(16)7-15-4-3-12-6-9(15)2/h5,9,12H,3-4,6-7H2,1-2H3,(H,13,16). The van der Waals surface area contributed by atoms with Gasteiger partial charge in [0.25, 0.3) is 0 Å². The number of hydrogen-bond acceptors (Lipinski definition) is 5. The molecule has 1 fully saturated rings. The van der Waals surface area contributed by atoms with Gasteiger partial charge in [0.05, 0.1) is 12.2 Å². The van der Waals surface area contributed by atoms with Gasteiger partial charge in [0, 0.05) is 31.7 Å². The van der Waals surface area contributed by atoms with Gasteiger partial charge >= 0.3 is 0 Å². The highest BCUT2D eigenvalue weighted by Crippen LogP contribution is 2.09. The van der Waals surface area contributed by atoms with Crippen molar-refractivity contribution in [1.82, 2.24) is 15.4 Å². The van der Waals surface area contributed by atoms with Crippen LogP contribution in [0.3, 0.4) is 0 Å². The number of aryl methyl sites for hydroxylation is 1. The van der Waals surface area contributed by atoms with Crippen molar-refractivity contribution in [3.05, 3.63) is 11.8 Å². The van der Waals surface area contributed by atoms with Crippen LogP contribution < -0.4 is 10.6 Å². The lowest BCUT2D eigenvalue weighted by atomic mass is 10.2. The summed E-state index contributed by atoms with van der Waals surface area (Å²) in [5.74, 6) is 0.352. The molecule has 1 unspecified atom stereocenters. The van der Waals surface area contributed by atoms with E-state index in [1.54, 1.807) is 6.07 Å². The van der Waals surface area contributed by atoms with E-state index in [4.69, 9.17) is 4.52 Å². The molecule has 0 spiro atoms. The zero-order valence-electron chi connectivity index (χ0n) is 10.2. The molecule has 2 N–H and O–H groups in total. The third-order valence-corrected chi connectivity index (χ3v) is 2.88. The van der Waals surface area contributed by atoms with Crippen molar-refractivity contribution in [2.24, 2.45) is 0 Å². The molecule has 1 aromatic rings. The minimum atomic E-state index is -0.0603. The van der Waals surface area contributed by atoms with E-state index in [0.29, 0.717) is 18.5 Å². The SMILES string of the molecule is Cc1cc(NC(=O)CN2CCNCC2C)on1. The zero-order valence-corrected chi connectivity index (χ0v) is 10.2. The Bertz CT molecular complexity index is 391. The molecule has 1 aromatic heterocycles. The molecule has 94 valence electrons. The molecular weight excluding hydrogens is 220 g/mol. The Hall–Kier alpha value is -1.40. The fourth-order valence-corrected chi connectivity index (χ4v) is 1.90. The number of carbonyl (C=O) groups is 1. The molecule has 0 aromatic carbocycles. The second-order valence-corrected chi connectivity index (χ2v) is 4.40. The van der Waals surface area contributed by atoms with Crippen molar-refractivity contribution in [3.63, 3.8) is 0 Å². The Labute approximate surface area is 100 Å². The number of carbonyl (C=O) groups excluding carboxylic acids is 1. The first-order valence-electron chi connectivity index (χ1n) is 5.83. The summed E-state index contributed by atoms with van der Waals surface area (Å²) in [6.07, 6.45) is 0. The Morgan fingerprint density at radius 1 is 1.76 bits per heavy atom. The molecule has 1 atom stereocenters. The van der Waals surface area contributed by atoms with Crippen LogP contribution in [0.2, 0.25) is 0 Å². The summed E-state index contributed by atoms with van der Waals surface area (Å²) in [5.41, 5.74) is 0.760. The van der Waals surface area contributed by atoms with Gasteiger partial charge in [0.1, 0.15) is 0 Å². The smallest absolute Gasteiger partial charge is 0.240 e. The predicted molar refractivity (Wildman–Crippen MR) is 63.8 cm³/mol. The number of hydrogen-bond donors (Lipinski definition) is 2. The van der Waals surface area contributed by atoms with E-state index >= 15 is 0 Å². The molecule has 0 radical (unpaired) electrons. The minimum absolute atomic E-state index is 0.0603. The van der Waals surface area contributed by atoms with Crippen molar-refractivity contribution >= 4 is 11.8 Å². The lowest BCUT2D eigenvalue weighted by Gasteiger charge is -2.33. The molecule has 0 saturated carbocycles. The first-order chi connectivity index (χ1) is 8.15. The molecule has 6 nitrogen and oxygen atoms in total. The summed E-state index contributed by atoms with van der Waals surface area (Å²) >= 11 is 0. The Morgan fingerprint density at radius 3 is 3.24 bits per heavy atom. The third-order valence-electron chi connectivity index (χ3n) is 2.88. The quantitative estimate of drug-likeness (QED) is 0.788. The molecule has 17 heavy (non-hydrogen) atoms. The molecule has 1 aliphatic heterocycles. The van der Waals surface area contributed by atoms with Crippen LogP contribution in [0.4, 0.5) is 5.88 Å². The average Bonchev–Trinajstić information content (AvgIpc) is 2.67. The maximum Gasteiger partial charge on any atom is 0.240 e. The third kappa shape index (κ3) is 3.28. The molecule has 1 saturated heterocycles. The number of nitrogens with zero attached hydrogens (tertiary/aromatic N) is 2. The van der Waals surface area contributed by atoms with Gasteiger partial charge in [-0.2, -0.15) is 0 Å². The molecule has 6 heteroatoms. The van der Waals surface area contributed by atoms with Crippen LogP contribution in [0, 0.1) is 6.92 Å². The van der Waals surface area contributed by atoms with Crippen LogP contribution in [0.5, 0.6) is 0 Å². The zero-order chi connectivity index (χ0) is 12.3. The van der Waals surface area contributed by atoms with Crippen molar-refractivity contribution in [2.45, 2.75) is 19.9 Å². The normalized spacial score (nSPS) is 21.4. The summed E-state index contributed by atoms with van der Waals surface area (Å²) in [6, 6.07) is 2.09. The van der Waals surface area contributed by atoms with Gasteiger partial charge in [0.2, 0.25) is 11.8 Å². The highest BCUT2D eigenvalue weighted by atomic mass is 16.5. The summed E-state index contributed by atoms with van der Waals surface area (Å²) in [5, 5.41) is 9.71. The van der Waals surface area contributed by atoms with Crippen LogP contribution in [-0.2, 0) is 4.79 Å². The summed E-state index contributed by atoms with van der Waals surface area (Å²) < 4.78 is 4.94. The molecule has 0 bridgehead atoms. The fraction of sp³-hybridized carbons (Fsp3) is 0.636. The Kier molecular flexibility index (Phi) is 3.75. The lowest BCUT2D eigenvalue weighted by Crippen LogP contribution is -2.51. The number of piperazine rings is 1. The predicted octanol–water partition coefficient (Wildman–Crippen LogP) is 0.215. The second kappa shape index (κ2) is 5.29. The topological polar surface area (TPSA) is 70.4 Å².